The fraction of sp³-hybridized carbons (Fsp3) is 0.714. The summed E-state index contributed by atoms with van der Waals surface area (Å²) in [6, 6.07) is 0. The third kappa shape index (κ3) is 4.19. The van der Waals surface area contributed by atoms with Crippen molar-refractivity contribution in [2.24, 2.45) is 0 Å². The molecular formula is C14H19F3N2O2S. The van der Waals surface area contributed by atoms with Crippen molar-refractivity contribution in [3.63, 3.8) is 0 Å². The van der Waals surface area contributed by atoms with Gasteiger partial charge in [-0.05, 0) is 19.8 Å². The molecule has 1 saturated heterocycles. The van der Waals surface area contributed by atoms with Gasteiger partial charge in [0.05, 0.1) is 16.8 Å². The molecule has 2 heterocycles. The van der Waals surface area contributed by atoms with Crippen LogP contribution in [0.1, 0.15) is 53.0 Å². The van der Waals surface area contributed by atoms with Crippen molar-refractivity contribution in [2.75, 3.05) is 13.1 Å². The minimum Gasteiger partial charge on any atom is -0.338 e. The van der Waals surface area contributed by atoms with E-state index < -0.39 is 12.5 Å². The van der Waals surface area contributed by atoms with Crippen molar-refractivity contribution in [3.8, 4) is 0 Å². The van der Waals surface area contributed by atoms with Crippen LogP contribution in [0.25, 0.3) is 0 Å². The summed E-state index contributed by atoms with van der Waals surface area (Å²) in [7, 11) is 0. The molecule has 2 rings (SSSR count). The Kier molecular flexibility index (Phi) is 5.11. The van der Waals surface area contributed by atoms with Gasteiger partial charge in [0.1, 0.15) is 4.88 Å². The predicted octanol–water partition coefficient (Wildman–Crippen LogP) is 3.72. The van der Waals surface area contributed by atoms with Crippen LogP contribution in [0.3, 0.4) is 0 Å². The number of halogens is 3. The topological polar surface area (TPSA) is 42.4 Å². The number of carbonyl (C=O) groups is 1. The molecule has 0 aliphatic carbocycles. The van der Waals surface area contributed by atoms with E-state index in [4.69, 9.17) is 0 Å². The van der Waals surface area contributed by atoms with Crippen molar-refractivity contribution < 1.29 is 22.7 Å². The highest BCUT2D eigenvalue weighted by Crippen LogP contribution is 2.28. The summed E-state index contributed by atoms with van der Waals surface area (Å²) in [4.78, 5) is 19.0. The molecule has 8 heteroatoms. The first-order valence-corrected chi connectivity index (χ1v) is 8.00. The van der Waals surface area contributed by atoms with E-state index in [1.54, 1.807) is 11.8 Å². The van der Waals surface area contributed by atoms with Gasteiger partial charge in [-0.15, -0.1) is 24.5 Å². The summed E-state index contributed by atoms with van der Waals surface area (Å²) < 4.78 is 40.6. The second kappa shape index (κ2) is 6.54. The Morgan fingerprint density at radius 2 is 1.95 bits per heavy atom. The Bertz CT molecular complexity index is 535. The maximum absolute atomic E-state index is 12.5. The summed E-state index contributed by atoms with van der Waals surface area (Å²) in [6.45, 7) is 6.34. The second-order valence-corrected chi connectivity index (χ2v) is 6.71. The molecule has 1 aromatic rings. The highest BCUT2D eigenvalue weighted by atomic mass is 32.1. The molecule has 0 unspecified atom stereocenters. The molecule has 0 N–H and O–H groups in total. The number of carbonyl (C=O) groups excluding carboxylic acids is 1. The summed E-state index contributed by atoms with van der Waals surface area (Å²) in [5.74, 6) is 0.100. The van der Waals surface area contributed by atoms with Crippen LogP contribution in [0, 0.1) is 6.92 Å². The molecular weight excluding hydrogens is 317 g/mol. The quantitative estimate of drug-likeness (QED) is 0.845. The summed E-state index contributed by atoms with van der Waals surface area (Å²) in [6.07, 6.45) is -5.09. The van der Waals surface area contributed by atoms with E-state index in [1.165, 1.54) is 11.3 Å². The van der Waals surface area contributed by atoms with Gasteiger partial charge in [0.15, 0.2) is 0 Å². The number of aryl methyl sites for hydroxylation is 1. The number of likely N-dealkylation sites (tertiary alicyclic amines) is 1. The Labute approximate surface area is 131 Å². The Morgan fingerprint density at radius 1 is 1.36 bits per heavy atom. The van der Waals surface area contributed by atoms with Crippen LogP contribution < -0.4 is 0 Å². The molecule has 124 valence electrons. The molecule has 0 radical (unpaired) electrons. The van der Waals surface area contributed by atoms with Gasteiger partial charge in [-0.1, -0.05) is 13.8 Å². The van der Waals surface area contributed by atoms with Crippen molar-refractivity contribution in [1.29, 1.82) is 0 Å². The van der Waals surface area contributed by atoms with E-state index in [9.17, 15) is 18.0 Å². The zero-order chi connectivity index (χ0) is 16.5. The van der Waals surface area contributed by atoms with E-state index in [2.05, 4.69) is 9.72 Å². The average Bonchev–Trinajstić information content (AvgIpc) is 2.79. The van der Waals surface area contributed by atoms with Crippen LogP contribution in [-0.4, -0.2) is 41.3 Å². The smallest absolute Gasteiger partial charge is 0.338 e. The lowest BCUT2D eigenvalue weighted by atomic mass is 10.1. The standard InChI is InChI=1S/C14H19F3N2O2S/c1-8(2)12-18-9(3)11(22-12)13(20)19-6-4-10(5-7-19)21-14(15,16)17/h8,10H,4-7H2,1-3H3. The van der Waals surface area contributed by atoms with Gasteiger partial charge in [0, 0.05) is 19.0 Å². The molecule has 22 heavy (non-hydrogen) atoms. The first-order chi connectivity index (χ1) is 10.2. The van der Waals surface area contributed by atoms with E-state index >= 15 is 0 Å². The maximum Gasteiger partial charge on any atom is 0.522 e. The minimum absolute atomic E-state index is 0.146. The van der Waals surface area contributed by atoms with Gasteiger partial charge in [-0.25, -0.2) is 4.98 Å². The van der Waals surface area contributed by atoms with Crippen LogP contribution >= 0.6 is 11.3 Å². The molecule has 0 atom stereocenters. The average molecular weight is 336 g/mol. The Hall–Kier alpha value is -1.15. The normalized spacial score (nSPS) is 17.3. The van der Waals surface area contributed by atoms with Crippen LogP contribution in [0.5, 0.6) is 0 Å². The predicted molar refractivity (Wildman–Crippen MR) is 77.0 cm³/mol. The molecule has 0 saturated carbocycles. The molecule has 1 fully saturated rings. The Balaban J connectivity index is 1.98. The first-order valence-electron chi connectivity index (χ1n) is 7.18. The highest BCUT2D eigenvalue weighted by molar-refractivity contribution is 7.13. The van der Waals surface area contributed by atoms with Crippen molar-refractivity contribution in [1.82, 2.24) is 9.88 Å². The second-order valence-electron chi connectivity index (χ2n) is 5.68. The van der Waals surface area contributed by atoms with Crippen LogP contribution in [-0.2, 0) is 4.74 Å². The third-order valence-corrected chi connectivity index (χ3v) is 4.98. The molecule has 0 aromatic carbocycles. The molecule has 1 aliphatic heterocycles. The van der Waals surface area contributed by atoms with Gasteiger partial charge < -0.3 is 4.90 Å². The number of alkyl halides is 3. The van der Waals surface area contributed by atoms with Crippen LogP contribution in [0.4, 0.5) is 13.2 Å². The number of aromatic nitrogens is 1. The highest BCUT2D eigenvalue weighted by Gasteiger charge is 2.36. The number of ether oxygens (including phenoxy) is 1. The number of piperidine rings is 1. The maximum atomic E-state index is 12.5. The number of hydrogen-bond acceptors (Lipinski definition) is 4. The monoisotopic (exact) mass is 336 g/mol. The molecule has 1 amide bonds. The van der Waals surface area contributed by atoms with Crippen LogP contribution in [0.15, 0.2) is 0 Å². The summed E-state index contributed by atoms with van der Waals surface area (Å²) >= 11 is 1.37. The SMILES string of the molecule is Cc1nc(C(C)C)sc1C(=O)N1CCC(OC(F)(F)F)CC1. The van der Waals surface area contributed by atoms with Gasteiger partial charge in [0.2, 0.25) is 0 Å². The number of rotatable bonds is 3. The fourth-order valence-electron chi connectivity index (χ4n) is 2.37. The lowest BCUT2D eigenvalue weighted by Gasteiger charge is -2.31. The third-order valence-electron chi connectivity index (χ3n) is 3.53. The first kappa shape index (κ1) is 17.2. The van der Waals surface area contributed by atoms with Gasteiger partial charge in [-0.3, -0.25) is 9.53 Å². The van der Waals surface area contributed by atoms with Crippen molar-refractivity contribution >= 4 is 17.2 Å². The number of hydrogen-bond donors (Lipinski definition) is 0. The minimum atomic E-state index is -4.61. The van der Waals surface area contributed by atoms with E-state index in [0.717, 1.165) is 5.01 Å². The van der Waals surface area contributed by atoms with E-state index in [1.807, 2.05) is 13.8 Å². The number of thiazole rings is 1. The fourth-order valence-corrected chi connectivity index (χ4v) is 3.41. The summed E-state index contributed by atoms with van der Waals surface area (Å²) in [5.41, 5.74) is 0.687. The van der Waals surface area contributed by atoms with E-state index in [-0.39, 0.29) is 37.8 Å². The molecule has 0 spiro atoms. The molecule has 0 bridgehead atoms. The zero-order valence-electron chi connectivity index (χ0n) is 12.7. The Morgan fingerprint density at radius 3 is 2.41 bits per heavy atom. The largest absolute Gasteiger partial charge is 0.522 e. The van der Waals surface area contributed by atoms with Crippen LogP contribution in [0.2, 0.25) is 0 Å². The lowest BCUT2D eigenvalue weighted by molar-refractivity contribution is -0.345. The number of nitrogens with zero attached hydrogens (tertiary/aromatic N) is 2. The van der Waals surface area contributed by atoms with Gasteiger partial charge >= 0.3 is 6.36 Å². The van der Waals surface area contributed by atoms with Gasteiger partial charge in [-0.2, -0.15) is 0 Å². The molecule has 1 aromatic heterocycles. The molecule has 4 nitrogen and oxygen atoms in total. The summed E-state index contributed by atoms with van der Waals surface area (Å²) in [5, 5.41) is 0.899. The molecule has 1 aliphatic rings. The van der Waals surface area contributed by atoms with Crippen molar-refractivity contribution in [3.05, 3.63) is 15.6 Å². The zero-order valence-corrected chi connectivity index (χ0v) is 13.6. The van der Waals surface area contributed by atoms with E-state index in [0.29, 0.717) is 10.6 Å². The van der Waals surface area contributed by atoms with Gasteiger partial charge in [0.25, 0.3) is 5.91 Å². The lowest BCUT2D eigenvalue weighted by Crippen LogP contribution is -2.42. The van der Waals surface area contributed by atoms with Crippen molar-refractivity contribution in [2.45, 2.75) is 52.0 Å². The number of amides is 1.